The molecule has 0 amide bonds. The van der Waals surface area contributed by atoms with Crippen molar-refractivity contribution < 1.29 is 14.3 Å². The fourth-order valence-electron chi connectivity index (χ4n) is 1.76. The van der Waals surface area contributed by atoms with Crippen LogP contribution in [0.4, 0.5) is 0 Å². The highest BCUT2D eigenvalue weighted by Crippen LogP contribution is 2.37. The monoisotopic (exact) mass is 194 g/mol. The standard InChI is InChI=1S/C11H14O3/c1-3-4-7-11(10(13)14-2)8-5-6-9(11)12/h3-4,7H,1,5-6,8H2,2H3/b7-4+. The van der Waals surface area contributed by atoms with E-state index >= 15 is 0 Å². The van der Waals surface area contributed by atoms with Gasteiger partial charge in [-0.25, -0.2) is 0 Å². The van der Waals surface area contributed by atoms with Crippen LogP contribution in [0.3, 0.4) is 0 Å². The molecule has 1 fully saturated rings. The van der Waals surface area contributed by atoms with Gasteiger partial charge in [0.2, 0.25) is 0 Å². The Hall–Kier alpha value is -1.38. The number of ether oxygens (including phenoxy) is 1. The van der Waals surface area contributed by atoms with E-state index in [0.29, 0.717) is 12.8 Å². The molecule has 14 heavy (non-hydrogen) atoms. The van der Waals surface area contributed by atoms with Gasteiger partial charge in [-0.05, 0) is 12.8 Å². The van der Waals surface area contributed by atoms with Crippen molar-refractivity contribution in [3.63, 3.8) is 0 Å². The summed E-state index contributed by atoms with van der Waals surface area (Å²) in [4.78, 5) is 23.1. The van der Waals surface area contributed by atoms with Gasteiger partial charge >= 0.3 is 5.97 Å². The van der Waals surface area contributed by atoms with E-state index in [0.717, 1.165) is 6.42 Å². The molecule has 1 aliphatic rings. The topological polar surface area (TPSA) is 43.4 Å². The van der Waals surface area contributed by atoms with Gasteiger partial charge in [-0.1, -0.05) is 24.8 Å². The lowest BCUT2D eigenvalue weighted by atomic mass is 9.85. The van der Waals surface area contributed by atoms with Crippen LogP contribution in [0.25, 0.3) is 0 Å². The molecule has 0 aromatic carbocycles. The van der Waals surface area contributed by atoms with Crippen molar-refractivity contribution in [2.75, 3.05) is 7.11 Å². The molecule has 0 N–H and O–H groups in total. The van der Waals surface area contributed by atoms with E-state index in [1.165, 1.54) is 7.11 Å². The van der Waals surface area contributed by atoms with Gasteiger partial charge in [-0.3, -0.25) is 9.59 Å². The van der Waals surface area contributed by atoms with Crippen LogP contribution < -0.4 is 0 Å². The quantitative estimate of drug-likeness (QED) is 0.389. The van der Waals surface area contributed by atoms with Gasteiger partial charge in [0.25, 0.3) is 0 Å². The summed E-state index contributed by atoms with van der Waals surface area (Å²) in [6, 6.07) is 0. The van der Waals surface area contributed by atoms with E-state index < -0.39 is 11.4 Å². The van der Waals surface area contributed by atoms with Crippen LogP contribution in [-0.2, 0) is 14.3 Å². The largest absolute Gasteiger partial charge is 0.468 e. The Balaban J connectivity index is 3.01. The van der Waals surface area contributed by atoms with E-state index in [4.69, 9.17) is 0 Å². The first-order valence-corrected chi connectivity index (χ1v) is 4.59. The number of carbonyl (C=O) groups is 2. The van der Waals surface area contributed by atoms with Gasteiger partial charge in [0.1, 0.15) is 5.41 Å². The third-order valence-corrected chi connectivity index (χ3v) is 2.54. The van der Waals surface area contributed by atoms with Crippen LogP contribution >= 0.6 is 0 Å². The smallest absolute Gasteiger partial charge is 0.323 e. The van der Waals surface area contributed by atoms with Gasteiger partial charge in [0, 0.05) is 6.42 Å². The van der Waals surface area contributed by atoms with Gasteiger partial charge in [-0.2, -0.15) is 0 Å². The highest BCUT2D eigenvalue weighted by atomic mass is 16.5. The fourth-order valence-corrected chi connectivity index (χ4v) is 1.76. The highest BCUT2D eigenvalue weighted by molar-refractivity contribution is 6.07. The van der Waals surface area contributed by atoms with Crippen molar-refractivity contribution in [3.05, 3.63) is 24.8 Å². The van der Waals surface area contributed by atoms with Crippen molar-refractivity contribution in [1.29, 1.82) is 0 Å². The van der Waals surface area contributed by atoms with E-state index in [-0.39, 0.29) is 5.78 Å². The Labute approximate surface area is 83.4 Å². The summed E-state index contributed by atoms with van der Waals surface area (Å²) in [6.45, 7) is 3.51. The van der Waals surface area contributed by atoms with E-state index in [2.05, 4.69) is 11.3 Å². The molecule has 0 bridgehead atoms. The number of carbonyl (C=O) groups excluding carboxylic acids is 2. The number of ketones is 1. The van der Waals surface area contributed by atoms with Crippen LogP contribution in [0, 0.1) is 5.41 Å². The van der Waals surface area contributed by atoms with Crippen LogP contribution in [0.5, 0.6) is 0 Å². The molecule has 1 atom stereocenters. The van der Waals surface area contributed by atoms with Crippen molar-refractivity contribution in [2.45, 2.75) is 19.3 Å². The molecular weight excluding hydrogens is 180 g/mol. The zero-order chi connectivity index (χ0) is 10.6. The summed E-state index contributed by atoms with van der Waals surface area (Å²) in [5, 5.41) is 0. The van der Waals surface area contributed by atoms with Gasteiger partial charge in [0.15, 0.2) is 5.78 Å². The minimum Gasteiger partial charge on any atom is -0.468 e. The van der Waals surface area contributed by atoms with Gasteiger partial charge in [-0.15, -0.1) is 0 Å². The maximum absolute atomic E-state index is 11.6. The highest BCUT2D eigenvalue weighted by Gasteiger charge is 2.47. The number of rotatable bonds is 3. The molecule has 0 aromatic rings. The van der Waals surface area contributed by atoms with Crippen molar-refractivity contribution in [3.8, 4) is 0 Å². The maximum atomic E-state index is 11.6. The number of hydrogen-bond acceptors (Lipinski definition) is 3. The number of Topliss-reactive ketones (excluding diaryl/α,β-unsaturated/α-hetero) is 1. The molecule has 1 aliphatic carbocycles. The average molecular weight is 194 g/mol. The molecule has 0 saturated heterocycles. The molecule has 1 rings (SSSR count). The van der Waals surface area contributed by atoms with Crippen molar-refractivity contribution in [2.24, 2.45) is 5.41 Å². The summed E-state index contributed by atoms with van der Waals surface area (Å²) in [6.07, 6.45) is 6.52. The van der Waals surface area contributed by atoms with Crippen LogP contribution in [0.2, 0.25) is 0 Å². The van der Waals surface area contributed by atoms with Gasteiger partial charge < -0.3 is 4.74 Å². The second kappa shape index (κ2) is 4.22. The summed E-state index contributed by atoms with van der Waals surface area (Å²) in [5.74, 6) is -0.513. The van der Waals surface area contributed by atoms with E-state index in [1.54, 1.807) is 18.2 Å². The molecule has 0 aromatic heterocycles. The van der Waals surface area contributed by atoms with Gasteiger partial charge in [0.05, 0.1) is 7.11 Å². The summed E-state index contributed by atoms with van der Waals surface area (Å²) >= 11 is 0. The molecule has 3 heteroatoms. The molecule has 3 nitrogen and oxygen atoms in total. The Morgan fingerprint density at radius 1 is 1.64 bits per heavy atom. The summed E-state index contributed by atoms with van der Waals surface area (Å²) < 4.78 is 4.66. The third-order valence-electron chi connectivity index (χ3n) is 2.54. The summed E-state index contributed by atoms with van der Waals surface area (Å²) in [5.41, 5.74) is -1.04. The maximum Gasteiger partial charge on any atom is 0.323 e. The zero-order valence-electron chi connectivity index (χ0n) is 8.29. The van der Waals surface area contributed by atoms with E-state index in [1.807, 2.05) is 0 Å². The van der Waals surface area contributed by atoms with Crippen LogP contribution in [-0.4, -0.2) is 18.9 Å². The van der Waals surface area contributed by atoms with Crippen LogP contribution in [0.1, 0.15) is 19.3 Å². The number of allylic oxidation sites excluding steroid dienone is 2. The Bertz CT molecular complexity index is 291. The minimum atomic E-state index is -1.04. The Morgan fingerprint density at radius 2 is 2.36 bits per heavy atom. The first kappa shape index (κ1) is 10.7. The van der Waals surface area contributed by atoms with Crippen LogP contribution in [0.15, 0.2) is 24.8 Å². The average Bonchev–Trinajstić information content (AvgIpc) is 2.57. The fraction of sp³-hybridized carbons (Fsp3) is 0.455. The molecule has 1 unspecified atom stereocenters. The molecule has 1 saturated carbocycles. The third kappa shape index (κ3) is 1.62. The lowest BCUT2D eigenvalue weighted by Gasteiger charge is -2.19. The number of hydrogen-bond donors (Lipinski definition) is 0. The zero-order valence-corrected chi connectivity index (χ0v) is 8.29. The Morgan fingerprint density at radius 3 is 2.79 bits per heavy atom. The Kier molecular flexibility index (Phi) is 3.23. The second-order valence-corrected chi connectivity index (χ2v) is 3.33. The number of methoxy groups -OCH3 is 1. The molecular formula is C11H14O3. The molecule has 0 heterocycles. The molecule has 0 aliphatic heterocycles. The predicted molar refractivity (Wildman–Crippen MR) is 52.6 cm³/mol. The first-order chi connectivity index (χ1) is 6.67. The van der Waals surface area contributed by atoms with Crippen molar-refractivity contribution in [1.82, 2.24) is 0 Å². The SMILES string of the molecule is C=C/C=C/C1(C(=O)OC)CCCC1=O. The van der Waals surface area contributed by atoms with Crippen molar-refractivity contribution >= 4 is 11.8 Å². The first-order valence-electron chi connectivity index (χ1n) is 4.59. The van der Waals surface area contributed by atoms with E-state index in [9.17, 15) is 9.59 Å². The minimum absolute atomic E-state index is 0.0533. The lowest BCUT2D eigenvalue weighted by molar-refractivity contribution is -0.153. The molecule has 0 radical (unpaired) electrons. The normalized spacial score (nSPS) is 26.8. The predicted octanol–water partition coefficient (Wildman–Crippen LogP) is 1.64. The second-order valence-electron chi connectivity index (χ2n) is 3.33. The number of esters is 1. The molecule has 76 valence electrons. The lowest BCUT2D eigenvalue weighted by Crippen LogP contribution is -2.34. The molecule has 0 spiro atoms. The summed E-state index contributed by atoms with van der Waals surface area (Å²) in [7, 11) is 1.30.